The van der Waals surface area contributed by atoms with Gasteiger partial charge in [-0.2, -0.15) is 0 Å². The first kappa shape index (κ1) is 17.2. The van der Waals surface area contributed by atoms with Crippen LogP contribution in [0.15, 0.2) is 30.3 Å². The number of nitrogens with one attached hydrogen (secondary N) is 1. The Morgan fingerprint density at radius 3 is 2.68 bits per heavy atom. The van der Waals surface area contributed by atoms with Gasteiger partial charge in [0.15, 0.2) is 5.75 Å². The van der Waals surface area contributed by atoms with E-state index in [0.29, 0.717) is 18.7 Å². The molecule has 0 unspecified atom stereocenters. The Morgan fingerprint density at radius 1 is 1.24 bits per heavy atom. The molecule has 0 amide bonds. The molecule has 1 atom stereocenters. The molecule has 132 valence electrons. The van der Waals surface area contributed by atoms with Crippen LogP contribution in [-0.4, -0.2) is 32.2 Å². The zero-order valence-corrected chi connectivity index (χ0v) is 14.7. The Kier molecular flexibility index (Phi) is 4.90. The molecule has 0 aromatic heterocycles. The zero-order valence-electron chi connectivity index (χ0n) is 14.7. The van der Waals surface area contributed by atoms with Gasteiger partial charge in [-0.25, -0.2) is 0 Å². The van der Waals surface area contributed by atoms with E-state index >= 15 is 0 Å². The summed E-state index contributed by atoms with van der Waals surface area (Å²) in [6, 6.07) is 10.2. The Morgan fingerprint density at radius 2 is 2.04 bits per heavy atom. The molecule has 0 radical (unpaired) electrons. The van der Waals surface area contributed by atoms with E-state index in [1.54, 1.807) is 0 Å². The third-order valence-corrected chi connectivity index (χ3v) is 4.69. The minimum Gasteiger partial charge on any atom is -0.493 e. The second-order valence-electron chi connectivity index (χ2n) is 6.21. The van der Waals surface area contributed by atoms with E-state index in [1.807, 2.05) is 25.1 Å². The third-order valence-electron chi connectivity index (χ3n) is 4.69. The number of nitrogens with zero attached hydrogens (tertiary/aromatic N) is 1. The lowest BCUT2D eigenvalue weighted by Crippen LogP contribution is -2.20. The van der Waals surface area contributed by atoms with E-state index < -0.39 is 0 Å². The van der Waals surface area contributed by atoms with E-state index in [1.165, 1.54) is 19.8 Å². The molecule has 0 saturated heterocycles. The lowest BCUT2D eigenvalue weighted by Gasteiger charge is -2.21. The maximum Gasteiger partial charge on any atom is 0.318 e. The molecule has 0 bridgehead atoms. The van der Waals surface area contributed by atoms with Crippen molar-refractivity contribution in [3.05, 3.63) is 62.7 Å². The highest BCUT2D eigenvalue weighted by atomic mass is 16.6. The first-order chi connectivity index (χ1) is 12.1. The van der Waals surface area contributed by atoms with Gasteiger partial charge in [0.25, 0.3) is 0 Å². The number of benzene rings is 2. The molecule has 1 N–H and O–H groups in total. The van der Waals surface area contributed by atoms with Crippen molar-refractivity contribution in [2.45, 2.75) is 19.3 Å². The van der Waals surface area contributed by atoms with Crippen LogP contribution in [0, 0.1) is 17.0 Å². The van der Waals surface area contributed by atoms with Crippen LogP contribution in [0.25, 0.3) is 0 Å². The normalized spacial score (nSPS) is 16.7. The lowest BCUT2D eigenvalue weighted by atomic mass is 9.86. The smallest absolute Gasteiger partial charge is 0.318 e. The number of nitro benzene ring substituents is 1. The molecule has 0 aliphatic carbocycles. The Balaban J connectivity index is 2.26. The zero-order chi connectivity index (χ0) is 18.0. The monoisotopic (exact) mass is 342 g/mol. The molecule has 2 aromatic carbocycles. The SMILES string of the molecule is COc1cc2c(c([N+](=O)[O-])c1OC)CCNC[C@@H]2c1cccc(C)c1. The summed E-state index contributed by atoms with van der Waals surface area (Å²) in [5.74, 6) is 0.611. The van der Waals surface area contributed by atoms with Crippen LogP contribution in [-0.2, 0) is 6.42 Å². The summed E-state index contributed by atoms with van der Waals surface area (Å²) in [5, 5.41) is 15.2. The number of ether oxygens (including phenoxy) is 2. The Hall–Kier alpha value is -2.60. The maximum absolute atomic E-state index is 11.8. The number of hydrogen-bond acceptors (Lipinski definition) is 5. The summed E-state index contributed by atoms with van der Waals surface area (Å²) < 4.78 is 10.7. The molecule has 3 rings (SSSR count). The molecule has 1 heterocycles. The first-order valence-corrected chi connectivity index (χ1v) is 8.26. The van der Waals surface area contributed by atoms with E-state index in [-0.39, 0.29) is 22.3 Å². The van der Waals surface area contributed by atoms with E-state index in [9.17, 15) is 10.1 Å². The Labute approximate surface area is 146 Å². The second kappa shape index (κ2) is 7.11. The molecule has 6 heteroatoms. The fourth-order valence-corrected chi connectivity index (χ4v) is 3.55. The van der Waals surface area contributed by atoms with Gasteiger partial charge in [0.1, 0.15) is 0 Å². The lowest BCUT2D eigenvalue weighted by molar-refractivity contribution is -0.386. The molecular weight excluding hydrogens is 320 g/mol. The number of rotatable bonds is 4. The number of aryl methyl sites for hydroxylation is 1. The van der Waals surface area contributed by atoms with Gasteiger partial charge in [0.05, 0.1) is 19.1 Å². The van der Waals surface area contributed by atoms with Crippen LogP contribution in [0.2, 0.25) is 0 Å². The minimum absolute atomic E-state index is 0.0122. The Bertz CT molecular complexity index is 804. The largest absolute Gasteiger partial charge is 0.493 e. The van der Waals surface area contributed by atoms with E-state index in [4.69, 9.17) is 9.47 Å². The van der Waals surface area contributed by atoms with Gasteiger partial charge in [-0.15, -0.1) is 0 Å². The van der Waals surface area contributed by atoms with Gasteiger partial charge in [0, 0.05) is 18.0 Å². The van der Waals surface area contributed by atoms with Crippen LogP contribution in [0.5, 0.6) is 11.5 Å². The standard InChI is InChI=1S/C19H22N2O4/c1-12-5-4-6-13(9-12)16-11-20-8-7-14-15(16)10-17(24-2)19(25-3)18(14)21(22)23/h4-6,9-10,16,20H,7-8,11H2,1-3H3/t16-/m1/s1. The molecule has 1 aliphatic rings. The van der Waals surface area contributed by atoms with Crippen LogP contribution >= 0.6 is 0 Å². The second-order valence-corrected chi connectivity index (χ2v) is 6.21. The quantitative estimate of drug-likeness (QED) is 0.682. The topological polar surface area (TPSA) is 73.6 Å². The van der Waals surface area contributed by atoms with Gasteiger partial charge < -0.3 is 14.8 Å². The molecule has 0 spiro atoms. The molecule has 0 fully saturated rings. The fourth-order valence-electron chi connectivity index (χ4n) is 3.55. The molecule has 2 aromatic rings. The van der Waals surface area contributed by atoms with Gasteiger partial charge in [-0.3, -0.25) is 10.1 Å². The van der Waals surface area contributed by atoms with Crippen molar-refractivity contribution in [1.29, 1.82) is 0 Å². The van der Waals surface area contributed by atoms with E-state index in [0.717, 1.165) is 23.2 Å². The molecule has 1 aliphatic heterocycles. The average Bonchev–Trinajstić information content (AvgIpc) is 2.81. The van der Waals surface area contributed by atoms with Crippen LogP contribution in [0.4, 0.5) is 5.69 Å². The number of nitro groups is 1. The predicted octanol–water partition coefficient (Wildman–Crippen LogP) is 3.20. The summed E-state index contributed by atoms with van der Waals surface area (Å²) >= 11 is 0. The van der Waals surface area contributed by atoms with Crippen molar-refractivity contribution in [1.82, 2.24) is 5.32 Å². The summed E-state index contributed by atoms with van der Waals surface area (Å²) in [5.41, 5.74) is 3.97. The maximum atomic E-state index is 11.8. The highest BCUT2D eigenvalue weighted by Gasteiger charge is 2.32. The fraction of sp³-hybridized carbons (Fsp3) is 0.368. The summed E-state index contributed by atoms with van der Waals surface area (Å²) in [4.78, 5) is 11.4. The van der Waals surface area contributed by atoms with Crippen molar-refractivity contribution < 1.29 is 14.4 Å². The number of methoxy groups -OCH3 is 2. The summed E-state index contributed by atoms with van der Waals surface area (Å²) in [7, 11) is 2.94. The third kappa shape index (κ3) is 3.17. The van der Waals surface area contributed by atoms with Gasteiger partial charge in [-0.1, -0.05) is 29.8 Å². The van der Waals surface area contributed by atoms with Crippen molar-refractivity contribution in [3.8, 4) is 11.5 Å². The van der Waals surface area contributed by atoms with Crippen LogP contribution in [0.1, 0.15) is 28.2 Å². The molecular formula is C19H22N2O4. The van der Waals surface area contributed by atoms with E-state index in [2.05, 4.69) is 17.4 Å². The molecule has 25 heavy (non-hydrogen) atoms. The van der Waals surface area contributed by atoms with Crippen LogP contribution in [0.3, 0.4) is 0 Å². The van der Waals surface area contributed by atoms with Crippen molar-refractivity contribution in [2.75, 3.05) is 27.3 Å². The first-order valence-electron chi connectivity index (χ1n) is 8.26. The minimum atomic E-state index is -0.362. The van der Waals surface area contributed by atoms with Crippen LogP contribution < -0.4 is 14.8 Å². The highest BCUT2D eigenvalue weighted by Crippen LogP contribution is 2.45. The van der Waals surface area contributed by atoms with Gasteiger partial charge >= 0.3 is 5.69 Å². The molecule has 6 nitrogen and oxygen atoms in total. The van der Waals surface area contributed by atoms with Crippen molar-refractivity contribution >= 4 is 5.69 Å². The van der Waals surface area contributed by atoms with Gasteiger partial charge in [0.2, 0.25) is 5.75 Å². The number of hydrogen-bond donors (Lipinski definition) is 1. The number of fused-ring (bicyclic) bond motifs is 1. The molecule has 0 saturated carbocycles. The average molecular weight is 342 g/mol. The summed E-state index contributed by atoms with van der Waals surface area (Å²) in [6.07, 6.45) is 0.578. The highest BCUT2D eigenvalue weighted by molar-refractivity contribution is 5.65. The van der Waals surface area contributed by atoms with Crippen molar-refractivity contribution in [3.63, 3.8) is 0 Å². The predicted molar refractivity (Wildman–Crippen MR) is 95.8 cm³/mol. The van der Waals surface area contributed by atoms with Gasteiger partial charge in [-0.05, 0) is 37.1 Å². The van der Waals surface area contributed by atoms with Crippen molar-refractivity contribution in [2.24, 2.45) is 0 Å². The summed E-state index contributed by atoms with van der Waals surface area (Å²) in [6.45, 7) is 3.46.